The molecule has 0 aliphatic rings. The molecule has 0 amide bonds. The van der Waals surface area contributed by atoms with Gasteiger partial charge in [0.05, 0.1) is 12.4 Å². The zero-order valence-electron chi connectivity index (χ0n) is 8.80. The Morgan fingerprint density at radius 3 is 2.83 bits per heavy atom. The Hall–Kier alpha value is -2.21. The number of hydrogen-bond donors (Lipinski definition) is 1. The van der Waals surface area contributed by atoms with Crippen molar-refractivity contribution in [1.29, 1.82) is 0 Å². The molecule has 0 aliphatic heterocycles. The molecule has 0 bridgehead atoms. The Morgan fingerprint density at radius 1 is 1.39 bits per heavy atom. The van der Waals surface area contributed by atoms with Gasteiger partial charge in [-0.1, -0.05) is 11.6 Å². The molecule has 1 heterocycles. The second-order valence-electron chi connectivity index (χ2n) is 3.23. The Labute approximate surface area is 106 Å². The van der Waals surface area contributed by atoms with Crippen molar-refractivity contribution in [1.82, 2.24) is 9.97 Å². The Morgan fingerprint density at radius 2 is 2.17 bits per heavy atom. The minimum absolute atomic E-state index is 0.0180. The van der Waals surface area contributed by atoms with Crippen LogP contribution in [0.5, 0.6) is 11.6 Å². The van der Waals surface area contributed by atoms with E-state index in [4.69, 9.17) is 21.4 Å². The summed E-state index contributed by atoms with van der Waals surface area (Å²) >= 11 is 5.60. The highest BCUT2D eigenvalue weighted by Crippen LogP contribution is 2.25. The maximum absolute atomic E-state index is 13.1. The first-order chi connectivity index (χ1) is 8.56. The fourth-order valence-electron chi connectivity index (χ4n) is 1.24. The maximum Gasteiger partial charge on any atom is 0.339 e. The molecule has 0 atom stereocenters. The first kappa shape index (κ1) is 12.3. The van der Waals surface area contributed by atoms with E-state index in [2.05, 4.69) is 9.97 Å². The third-order valence-corrected chi connectivity index (χ3v) is 2.15. The van der Waals surface area contributed by atoms with Crippen molar-refractivity contribution >= 4 is 17.6 Å². The molecule has 18 heavy (non-hydrogen) atoms. The first-order valence-corrected chi connectivity index (χ1v) is 5.12. The van der Waals surface area contributed by atoms with E-state index in [1.807, 2.05) is 0 Å². The molecule has 0 saturated carbocycles. The molecule has 5 nitrogen and oxygen atoms in total. The number of aromatic carboxylic acids is 1. The molecule has 1 aromatic heterocycles. The molecule has 0 aliphatic carbocycles. The van der Waals surface area contributed by atoms with Crippen molar-refractivity contribution in [3.8, 4) is 11.6 Å². The van der Waals surface area contributed by atoms with Crippen LogP contribution in [0.25, 0.3) is 0 Å². The summed E-state index contributed by atoms with van der Waals surface area (Å²) < 4.78 is 18.2. The smallest absolute Gasteiger partial charge is 0.339 e. The number of hydrogen-bond acceptors (Lipinski definition) is 4. The van der Waals surface area contributed by atoms with Gasteiger partial charge in [0.25, 0.3) is 0 Å². The van der Waals surface area contributed by atoms with Crippen LogP contribution in [0.15, 0.2) is 30.6 Å². The Kier molecular flexibility index (Phi) is 3.38. The predicted octanol–water partition coefficient (Wildman–Crippen LogP) is 2.76. The zero-order chi connectivity index (χ0) is 13.1. The van der Waals surface area contributed by atoms with Crippen LogP contribution in [-0.4, -0.2) is 21.0 Å². The lowest BCUT2D eigenvalue weighted by molar-refractivity contribution is 0.0694. The summed E-state index contributed by atoms with van der Waals surface area (Å²) in [5.41, 5.74) is -0.182. The molecule has 0 radical (unpaired) electrons. The van der Waals surface area contributed by atoms with Gasteiger partial charge >= 0.3 is 5.97 Å². The number of halogens is 2. The molecule has 0 unspecified atom stereocenters. The van der Waals surface area contributed by atoms with E-state index in [-0.39, 0.29) is 22.3 Å². The Bertz CT molecular complexity index is 607. The lowest BCUT2D eigenvalue weighted by Gasteiger charge is -2.07. The molecule has 1 N–H and O–H groups in total. The van der Waals surface area contributed by atoms with Gasteiger partial charge in [0.15, 0.2) is 5.15 Å². The van der Waals surface area contributed by atoms with E-state index in [1.54, 1.807) is 0 Å². The van der Waals surface area contributed by atoms with Crippen LogP contribution < -0.4 is 4.74 Å². The fraction of sp³-hybridized carbons (Fsp3) is 0. The van der Waals surface area contributed by atoms with Crippen molar-refractivity contribution in [3.05, 3.63) is 47.1 Å². The average molecular weight is 269 g/mol. The molecule has 1 aromatic carbocycles. The van der Waals surface area contributed by atoms with Crippen molar-refractivity contribution < 1.29 is 19.0 Å². The highest BCUT2D eigenvalue weighted by atomic mass is 35.5. The normalized spacial score (nSPS) is 10.1. The van der Waals surface area contributed by atoms with Gasteiger partial charge in [0.1, 0.15) is 17.1 Å². The van der Waals surface area contributed by atoms with Crippen molar-refractivity contribution in [2.24, 2.45) is 0 Å². The van der Waals surface area contributed by atoms with Gasteiger partial charge in [0.2, 0.25) is 5.88 Å². The van der Waals surface area contributed by atoms with Crippen molar-refractivity contribution in [2.75, 3.05) is 0 Å². The van der Waals surface area contributed by atoms with E-state index in [0.717, 1.165) is 18.2 Å². The molecule has 2 aromatic rings. The molecule has 7 heteroatoms. The van der Waals surface area contributed by atoms with E-state index >= 15 is 0 Å². The summed E-state index contributed by atoms with van der Waals surface area (Å²) in [6.07, 6.45) is 2.53. The molecule has 0 fully saturated rings. The van der Waals surface area contributed by atoms with Gasteiger partial charge in [-0.05, 0) is 12.1 Å². The average Bonchev–Trinajstić information content (AvgIpc) is 2.28. The van der Waals surface area contributed by atoms with Gasteiger partial charge in [-0.3, -0.25) is 4.98 Å². The number of carboxylic acid groups (broad SMARTS) is 1. The van der Waals surface area contributed by atoms with Crippen LogP contribution in [-0.2, 0) is 0 Å². The number of carboxylic acids is 1. The van der Waals surface area contributed by atoms with Crippen LogP contribution in [0.3, 0.4) is 0 Å². The number of carbonyl (C=O) groups is 1. The summed E-state index contributed by atoms with van der Waals surface area (Å²) in [4.78, 5) is 18.4. The second-order valence-corrected chi connectivity index (χ2v) is 3.61. The minimum atomic E-state index is -1.24. The molecular formula is C11H6ClFN2O3. The molecule has 0 saturated heterocycles. The SMILES string of the molecule is O=C(O)c1ccc(F)cc1Oc1cncc(Cl)n1. The molecule has 2 rings (SSSR count). The van der Waals surface area contributed by atoms with E-state index in [9.17, 15) is 9.18 Å². The van der Waals surface area contributed by atoms with Crippen LogP contribution in [0.2, 0.25) is 5.15 Å². The third-order valence-electron chi connectivity index (χ3n) is 1.97. The number of rotatable bonds is 3. The van der Waals surface area contributed by atoms with E-state index < -0.39 is 11.8 Å². The summed E-state index contributed by atoms with van der Waals surface area (Å²) in [7, 11) is 0. The van der Waals surface area contributed by atoms with Gasteiger partial charge in [-0.25, -0.2) is 9.18 Å². The molecule has 0 spiro atoms. The minimum Gasteiger partial charge on any atom is -0.478 e. The summed E-state index contributed by atoms with van der Waals surface area (Å²) in [6.45, 7) is 0. The number of nitrogens with zero attached hydrogens (tertiary/aromatic N) is 2. The third kappa shape index (κ3) is 2.72. The van der Waals surface area contributed by atoms with Crippen molar-refractivity contribution in [3.63, 3.8) is 0 Å². The van der Waals surface area contributed by atoms with Crippen molar-refractivity contribution in [2.45, 2.75) is 0 Å². The fourth-order valence-corrected chi connectivity index (χ4v) is 1.38. The summed E-state index contributed by atoms with van der Waals surface area (Å²) in [6, 6.07) is 3.08. The summed E-state index contributed by atoms with van der Waals surface area (Å²) in [5, 5.41) is 9.01. The zero-order valence-corrected chi connectivity index (χ0v) is 9.56. The summed E-state index contributed by atoms with van der Waals surface area (Å²) in [5.74, 6) is -2.04. The van der Waals surface area contributed by atoms with Crippen LogP contribution >= 0.6 is 11.6 Å². The molecule has 92 valence electrons. The topological polar surface area (TPSA) is 72.3 Å². The lowest BCUT2D eigenvalue weighted by Crippen LogP contribution is -2.01. The Balaban J connectivity index is 2.39. The van der Waals surface area contributed by atoms with Crippen LogP contribution in [0, 0.1) is 5.82 Å². The standard InChI is InChI=1S/C11H6ClFN2O3/c12-9-4-14-5-10(15-9)18-8-3-6(13)1-2-7(8)11(16)17/h1-5H,(H,16,17). The highest BCUT2D eigenvalue weighted by Gasteiger charge is 2.13. The quantitative estimate of drug-likeness (QED) is 0.927. The van der Waals surface area contributed by atoms with Crippen LogP contribution in [0.4, 0.5) is 4.39 Å². The van der Waals surface area contributed by atoms with Gasteiger partial charge in [-0.2, -0.15) is 4.98 Å². The van der Waals surface area contributed by atoms with E-state index in [1.165, 1.54) is 12.4 Å². The van der Waals surface area contributed by atoms with Crippen LogP contribution in [0.1, 0.15) is 10.4 Å². The van der Waals surface area contributed by atoms with Gasteiger partial charge in [-0.15, -0.1) is 0 Å². The highest BCUT2D eigenvalue weighted by molar-refractivity contribution is 6.29. The van der Waals surface area contributed by atoms with E-state index in [0.29, 0.717) is 0 Å². The second kappa shape index (κ2) is 4.97. The largest absolute Gasteiger partial charge is 0.478 e. The molecular weight excluding hydrogens is 263 g/mol. The number of aromatic nitrogens is 2. The first-order valence-electron chi connectivity index (χ1n) is 4.74. The van der Waals surface area contributed by atoms with Gasteiger partial charge in [0, 0.05) is 6.07 Å². The number of ether oxygens (including phenoxy) is 1. The lowest BCUT2D eigenvalue weighted by atomic mass is 10.2. The van der Waals surface area contributed by atoms with Gasteiger partial charge < -0.3 is 9.84 Å². The maximum atomic E-state index is 13.1. The monoisotopic (exact) mass is 268 g/mol. The number of benzene rings is 1. The predicted molar refractivity (Wildman–Crippen MR) is 60.5 cm³/mol.